The van der Waals surface area contributed by atoms with Crippen LogP contribution in [0.15, 0.2) is 4.99 Å². The minimum Gasteiger partial charge on any atom is -0.362 e. The van der Waals surface area contributed by atoms with Crippen LogP contribution in [0.2, 0.25) is 0 Å². The van der Waals surface area contributed by atoms with Gasteiger partial charge in [-0.1, -0.05) is 25.1 Å². The molecular formula is C10H20N2OS2. The maximum atomic E-state index is 11.0. The largest absolute Gasteiger partial charge is 0.362 e. The zero-order valence-electron chi connectivity index (χ0n) is 9.66. The van der Waals surface area contributed by atoms with Crippen molar-refractivity contribution in [2.45, 2.75) is 38.0 Å². The van der Waals surface area contributed by atoms with Crippen LogP contribution in [0.25, 0.3) is 0 Å². The number of amidine groups is 1. The number of nitrogens with zero attached hydrogens (tertiary/aromatic N) is 1. The second-order valence-electron chi connectivity index (χ2n) is 3.96. The lowest BCUT2D eigenvalue weighted by atomic mass is 10.2. The monoisotopic (exact) mass is 248 g/mol. The Bertz CT molecular complexity index is 256. The number of hydrogen-bond acceptors (Lipinski definition) is 4. The van der Waals surface area contributed by atoms with Gasteiger partial charge in [0.2, 0.25) is 0 Å². The highest BCUT2D eigenvalue weighted by molar-refractivity contribution is 8.14. The van der Waals surface area contributed by atoms with Gasteiger partial charge in [-0.25, -0.2) is 0 Å². The van der Waals surface area contributed by atoms with Crippen molar-refractivity contribution in [3.05, 3.63) is 0 Å². The molecular weight excluding hydrogens is 228 g/mol. The maximum absolute atomic E-state index is 11.0. The summed E-state index contributed by atoms with van der Waals surface area (Å²) in [5, 5.41) is 5.00. The van der Waals surface area contributed by atoms with E-state index in [4.69, 9.17) is 0 Å². The van der Waals surface area contributed by atoms with Crippen molar-refractivity contribution in [3.8, 4) is 0 Å². The number of nitrogens with one attached hydrogen (secondary N) is 1. The molecule has 0 saturated carbocycles. The molecule has 0 aliphatic carbocycles. The first-order valence-corrected chi connectivity index (χ1v) is 8.00. The highest BCUT2D eigenvalue weighted by atomic mass is 32.2. The van der Waals surface area contributed by atoms with Gasteiger partial charge < -0.3 is 5.32 Å². The average molecular weight is 248 g/mol. The quantitative estimate of drug-likeness (QED) is 0.804. The molecule has 0 aromatic heterocycles. The van der Waals surface area contributed by atoms with Gasteiger partial charge in [0.25, 0.3) is 0 Å². The summed E-state index contributed by atoms with van der Waals surface area (Å²) in [5.41, 5.74) is 0. The topological polar surface area (TPSA) is 41.5 Å². The normalized spacial score (nSPS) is 24.7. The number of rotatable bonds is 5. The van der Waals surface area contributed by atoms with Crippen LogP contribution in [0, 0.1) is 0 Å². The summed E-state index contributed by atoms with van der Waals surface area (Å²) in [4.78, 5) is 4.45. The number of hydrogen-bond donors (Lipinski definition) is 1. The first kappa shape index (κ1) is 13.0. The lowest BCUT2D eigenvalue weighted by Gasteiger charge is -2.13. The molecule has 0 radical (unpaired) electrons. The third kappa shape index (κ3) is 5.02. The van der Waals surface area contributed by atoms with E-state index in [0.29, 0.717) is 11.0 Å². The van der Waals surface area contributed by atoms with Crippen molar-refractivity contribution >= 4 is 27.7 Å². The minimum absolute atomic E-state index is 0.252. The lowest BCUT2D eigenvalue weighted by molar-refractivity contribution is 0.672. The molecule has 0 saturated heterocycles. The van der Waals surface area contributed by atoms with Gasteiger partial charge in [-0.3, -0.25) is 9.20 Å². The molecule has 15 heavy (non-hydrogen) atoms. The molecule has 0 fully saturated rings. The summed E-state index contributed by atoms with van der Waals surface area (Å²) in [5.74, 6) is 0.692. The fraction of sp³-hybridized carbons (Fsp3) is 0.900. The van der Waals surface area contributed by atoms with E-state index >= 15 is 0 Å². The molecule has 1 rings (SSSR count). The molecule has 1 aliphatic rings. The van der Waals surface area contributed by atoms with E-state index in [-0.39, 0.29) is 6.04 Å². The van der Waals surface area contributed by atoms with Crippen LogP contribution in [0.1, 0.15) is 26.7 Å². The molecule has 0 amide bonds. The van der Waals surface area contributed by atoms with Crippen molar-refractivity contribution in [2.24, 2.45) is 4.99 Å². The van der Waals surface area contributed by atoms with Crippen LogP contribution < -0.4 is 5.32 Å². The standard InChI is InChI=1S/C10H20N2OS2/c1-4-5-9-6-11-10(14-9)12-8(2)7-15(3)13/h8-9H,4-7H2,1-3H3,(H,11,12). The fourth-order valence-corrected chi connectivity index (χ4v) is 3.60. The van der Waals surface area contributed by atoms with Gasteiger partial charge in [-0.2, -0.15) is 0 Å². The maximum Gasteiger partial charge on any atom is 0.157 e. The fourth-order valence-electron chi connectivity index (χ4n) is 1.57. The zero-order chi connectivity index (χ0) is 11.3. The molecule has 88 valence electrons. The molecule has 1 N–H and O–H groups in total. The summed E-state index contributed by atoms with van der Waals surface area (Å²) >= 11 is 1.83. The Hall–Kier alpha value is -0.0300. The van der Waals surface area contributed by atoms with Gasteiger partial charge in [0.05, 0.1) is 6.54 Å². The summed E-state index contributed by atoms with van der Waals surface area (Å²) in [6.07, 6.45) is 4.18. The van der Waals surface area contributed by atoms with Crippen molar-refractivity contribution in [2.75, 3.05) is 18.6 Å². The van der Waals surface area contributed by atoms with Gasteiger partial charge in [0.1, 0.15) is 0 Å². The van der Waals surface area contributed by atoms with Gasteiger partial charge in [-0.05, 0) is 13.3 Å². The molecule has 3 nitrogen and oxygen atoms in total. The van der Waals surface area contributed by atoms with Crippen molar-refractivity contribution < 1.29 is 4.21 Å². The first-order chi connectivity index (χ1) is 7.11. The molecule has 0 aromatic rings. The van der Waals surface area contributed by atoms with E-state index in [1.165, 1.54) is 12.8 Å². The second kappa shape index (κ2) is 6.53. The van der Waals surface area contributed by atoms with Crippen LogP contribution in [0.4, 0.5) is 0 Å². The SMILES string of the molecule is CCCC1CN=C(NC(C)CS(C)=O)S1. The Kier molecular flexibility index (Phi) is 5.68. The van der Waals surface area contributed by atoms with Crippen LogP contribution >= 0.6 is 11.8 Å². The first-order valence-electron chi connectivity index (χ1n) is 5.39. The Morgan fingerprint density at radius 3 is 3.07 bits per heavy atom. The molecule has 3 unspecified atom stereocenters. The smallest absolute Gasteiger partial charge is 0.157 e. The Balaban J connectivity index is 2.26. The van der Waals surface area contributed by atoms with E-state index in [1.807, 2.05) is 11.8 Å². The van der Waals surface area contributed by atoms with Crippen LogP contribution in [-0.4, -0.2) is 39.2 Å². The Morgan fingerprint density at radius 1 is 1.73 bits per heavy atom. The molecule has 0 aromatic carbocycles. The summed E-state index contributed by atoms with van der Waals surface area (Å²) in [6.45, 7) is 5.19. The molecule has 0 spiro atoms. The van der Waals surface area contributed by atoms with Gasteiger partial charge in [0.15, 0.2) is 5.17 Å². The molecule has 1 heterocycles. The minimum atomic E-state index is -0.735. The van der Waals surface area contributed by atoms with E-state index in [2.05, 4.69) is 24.2 Å². The van der Waals surface area contributed by atoms with E-state index < -0.39 is 10.8 Å². The molecule has 1 aliphatic heterocycles. The summed E-state index contributed by atoms with van der Waals surface area (Å²) < 4.78 is 11.0. The second-order valence-corrected chi connectivity index (χ2v) is 6.73. The predicted octanol–water partition coefficient (Wildman–Crippen LogP) is 1.61. The van der Waals surface area contributed by atoms with Crippen LogP contribution in [0.5, 0.6) is 0 Å². The van der Waals surface area contributed by atoms with Crippen LogP contribution in [-0.2, 0) is 10.8 Å². The van der Waals surface area contributed by atoms with E-state index in [0.717, 1.165) is 11.7 Å². The third-order valence-electron chi connectivity index (χ3n) is 2.18. The highest BCUT2D eigenvalue weighted by Gasteiger charge is 2.19. The number of thioether (sulfide) groups is 1. The summed E-state index contributed by atoms with van der Waals surface area (Å²) in [7, 11) is -0.735. The number of aliphatic imine (C=N–C) groups is 1. The van der Waals surface area contributed by atoms with Gasteiger partial charge in [-0.15, -0.1) is 0 Å². The third-order valence-corrected chi connectivity index (χ3v) is 4.34. The zero-order valence-corrected chi connectivity index (χ0v) is 11.3. The van der Waals surface area contributed by atoms with Gasteiger partial charge >= 0.3 is 0 Å². The molecule has 3 atom stereocenters. The lowest BCUT2D eigenvalue weighted by Crippen LogP contribution is -2.34. The van der Waals surface area contributed by atoms with Crippen molar-refractivity contribution in [3.63, 3.8) is 0 Å². The Labute approximate surface area is 99.0 Å². The highest BCUT2D eigenvalue weighted by Crippen LogP contribution is 2.23. The van der Waals surface area contributed by atoms with E-state index in [1.54, 1.807) is 6.26 Å². The predicted molar refractivity (Wildman–Crippen MR) is 70.1 cm³/mol. The van der Waals surface area contributed by atoms with Gasteiger partial charge in [0, 0.05) is 34.1 Å². The van der Waals surface area contributed by atoms with Crippen molar-refractivity contribution in [1.82, 2.24) is 5.32 Å². The van der Waals surface area contributed by atoms with Crippen molar-refractivity contribution in [1.29, 1.82) is 0 Å². The molecule has 5 heteroatoms. The molecule has 0 bridgehead atoms. The Morgan fingerprint density at radius 2 is 2.47 bits per heavy atom. The van der Waals surface area contributed by atoms with E-state index in [9.17, 15) is 4.21 Å². The average Bonchev–Trinajstić information content (AvgIpc) is 2.51. The summed E-state index contributed by atoms with van der Waals surface area (Å²) in [6, 6.07) is 0.252. The van der Waals surface area contributed by atoms with Crippen LogP contribution in [0.3, 0.4) is 0 Å².